The van der Waals surface area contributed by atoms with Crippen molar-refractivity contribution in [3.8, 4) is 16.9 Å². The van der Waals surface area contributed by atoms with Gasteiger partial charge < -0.3 is 4.74 Å². The smallest absolute Gasteiger partial charge is 0.387 e. The first-order valence-electron chi connectivity index (χ1n) is 5.29. The Kier molecular flexibility index (Phi) is 3.67. The number of carbonyl (C=O) groups excluding carboxylic acids is 1. The zero-order chi connectivity index (χ0) is 13.0. The van der Waals surface area contributed by atoms with E-state index in [-0.39, 0.29) is 5.75 Å². The van der Waals surface area contributed by atoms with Crippen LogP contribution in [0, 0.1) is 0 Å². The van der Waals surface area contributed by atoms with Gasteiger partial charge >= 0.3 is 6.61 Å². The van der Waals surface area contributed by atoms with E-state index in [1.54, 1.807) is 30.3 Å². The quantitative estimate of drug-likeness (QED) is 0.770. The number of alkyl halides is 2. The summed E-state index contributed by atoms with van der Waals surface area (Å²) in [6, 6.07) is 13.3. The maximum Gasteiger partial charge on any atom is 0.387 e. The number of hydrogen-bond donors (Lipinski definition) is 0. The van der Waals surface area contributed by atoms with Crippen molar-refractivity contribution in [3.05, 3.63) is 54.1 Å². The van der Waals surface area contributed by atoms with E-state index in [1.165, 1.54) is 12.1 Å². The van der Waals surface area contributed by atoms with E-state index < -0.39 is 6.61 Å². The van der Waals surface area contributed by atoms with Crippen LogP contribution in [0.5, 0.6) is 5.75 Å². The van der Waals surface area contributed by atoms with Crippen molar-refractivity contribution in [3.63, 3.8) is 0 Å². The highest BCUT2D eigenvalue weighted by molar-refractivity contribution is 5.78. The largest absolute Gasteiger partial charge is 0.435 e. The van der Waals surface area contributed by atoms with Crippen molar-refractivity contribution in [2.45, 2.75) is 6.61 Å². The molecule has 18 heavy (non-hydrogen) atoms. The SMILES string of the molecule is O=Cc1cccc(-c2ccc(OC(F)F)cc2)c1. The van der Waals surface area contributed by atoms with Gasteiger partial charge in [0.25, 0.3) is 0 Å². The van der Waals surface area contributed by atoms with Crippen LogP contribution in [0.1, 0.15) is 10.4 Å². The summed E-state index contributed by atoms with van der Waals surface area (Å²) < 4.78 is 28.2. The Bertz CT molecular complexity index is 536. The van der Waals surface area contributed by atoms with Crippen LogP contribution < -0.4 is 4.74 Å². The van der Waals surface area contributed by atoms with Gasteiger partial charge in [0.1, 0.15) is 12.0 Å². The molecule has 2 aromatic rings. The van der Waals surface area contributed by atoms with Gasteiger partial charge in [-0.15, -0.1) is 0 Å². The van der Waals surface area contributed by atoms with Gasteiger partial charge in [-0.3, -0.25) is 4.79 Å². The predicted octanol–water partition coefficient (Wildman–Crippen LogP) is 3.77. The number of carbonyl (C=O) groups is 1. The molecule has 0 aromatic heterocycles. The number of aldehydes is 1. The van der Waals surface area contributed by atoms with Gasteiger partial charge in [0.2, 0.25) is 0 Å². The lowest BCUT2D eigenvalue weighted by molar-refractivity contribution is -0.0498. The summed E-state index contributed by atoms with van der Waals surface area (Å²) in [7, 11) is 0. The summed E-state index contributed by atoms with van der Waals surface area (Å²) in [5, 5.41) is 0. The van der Waals surface area contributed by atoms with E-state index in [1.807, 2.05) is 6.07 Å². The van der Waals surface area contributed by atoms with E-state index in [9.17, 15) is 13.6 Å². The Labute approximate surface area is 103 Å². The maximum atomic E-state index is 12.0. The van der Waals surface area contributed by atoms with Crippen LogP contribution in [0.3, 0.4) is 0 Å². The third kappa shape index (κ3) is 2.91. The fraction of sp³-hybridized carbons (Fsp3) is 0.0714. The van der Waals surface area contributed by atoms with Crippen molar-refractivity contribution < 1.29 is 18.3 Å². The minimum Gasteiger partial charge on any atom is -0.435 e. The molecule has 0 fully saturated rings. The topological polar surface area (TPSA) is 26.3 Å². The second-order valence-electron chi connectivity index (χ2n) is 3.65. The molecular weight excluding hydrogens is 238 g/mol. The molecule has 0 saturated carbocycles. The minimum atomic E-state index is -2.82. The number of ether oxygens (including phenoxy) is 1. The summed E-state index contributed by atoms with van der Waals surface area (Å²) >= 11 is 0. The average Bonchev–Trinajstić information content (AvgIpc) is 2.39. The molecule has 0 aliphatic rings. The van der Waals surface area contributed by atoms with E-state index >= 15 is 0 Å². The van der Waals surface area contributed by atoms with Crippen LogP contribution in [0.4, 0.5) is 8.78 Å². The molecular formula is C14H10F2O2. The molecule has 0 amide bonds. The normalized spacial score (nSPS) is 10.4. The lowest BCUT2D eigenvalue weighted by Gasteiger charge is -2.06. The van der Waals surface area contributed by atoms with Gasteiger partial charge in [-0.25, -0.2) is 0 Å². The van der Waals surface area contributed by atoms with Crippen molar-refractivity contribution in [2.75, 3.05) is 0 Å². The second kappa shape index (κ2) is 5.40. The van der Waals surface area contributed by atoms with Crippen LogP contribution in [-0.4, -0.2) is 12.9 Å². The van der Waals surface area contributed by atoms with Gasteiger partial charge in [0, 0.05) is 5.56 Å². The molecule has 2 nitrogen and oxygen atoms in total. The third-order valence-corrected chi connectivity index (χ3v) is 2.44. The van der Waals surface area contributed by atoms with Crippen molar-refractivity contribution in [1.29, 1.82) is 0 Å². The second-order valence-corrected chi connectivity index (χ2v) is 3.65. The first-order chi connectivity index (χ1) is 8.69. The number of halogens is 2. The van der Waals surface area contributed by atoms with E-state index in [0.717, 1.165) is 17.4 Å². The van der Waals surface area contributed by atoms with E-state index in [0.29, 0.717) is 5.56 Å². The Morgan fingerprint density at radius 3 is 2.33 bits per heavy atom. The van der Waals surface area contributed by atoms with Gasteiger partial charge in [-0.2, -0.15) is 8.78 Å². The zero-order valence-electron chi connectivity index (χ0n) is 9.35. The molecule has 2 aromatic carbocycles. The van der Waals surface area contributed by atoms with E-state index in [2.05, 4.69) is 4.74 Å². The molecule has 2 rings (SSSR count). The fourth-order valence-electron chi connectivity index (χ4n) is 1.62. The Morgan fingerprint density at radius 1 is 1.00 bits per heavy atom. The Morgan fingerprint density at radius 2 is 1.72 bits per heavy atom. The minimum absolute atomic E-state index is 0.111. The number of hydrogen-bond acceptors (Lipinski definition) is 2. The summed E-state index contributed by atoms with van der Waals surface area (Å²) in [5.41, 5.74) is 2.25. The molecule has 0 atom stereocenters. The van der Waals surface area contributed by atoms with Gasteiger partial charge in [0.05, 0.1) is 0 Å². The fourth-order valence-corrected chi connectivity index (χ4v) is 1.62. The first kappa shape index (κ1) is 12.2. The lowest BCUT2D eigenvalue weighted by Crippen LogP contribution is -2.01. The molecule has 0 N–H and O–H groups in total. The lowest BCUT2D eigenvalue weighted by atomic mass is 10.0. The predicted molar refractivity (Wildman–Crippen MR) is 63.9 cm³/mol. The highest BCUT2D eigenvalue weighted by Gasteiger charge is 2.04. The summed E-state index contributed by atoms with van der Waals surface area (Å²) in [4.78, 5) is 10.7. The van der Waals surface area contributed by atoms with Crippen LogP contribution >= 0.6 is 0 Å². The van der Waals surface area contributed by atoms with Crippen LogP contribution in [-0.2, 0) is 0 Å². The molecule has 0 radical (unpaired) electrons. The molecule has 0 unspecified atom stereocenters. The first-order valence-corrected chi connectivity index (χ1v) is 5.29. The number of benzene rings is 2. The highest BCUT2D eigenvalue weighted by Crippen LogP contribution is 2.23. The summed E-state index contributed by atoms with van der Waals surface area (Å²) in [6.45, 7) is -2.82. The maximum absolute atomic E-state index is 12.0. The van der Waals surface area contributed by atoms with Crippen LogP contribution in [0.25, 0.3) is 11.1 Å². The van der Waals surface area contributed by atoms with Crippen molar-refractivity contribution in [2.24, 2.45) is 0 Å². The standard InChI is InChI=1S/C14H10F2O2/c15-14(16)18-13-6-4-11(5-7-13)12-3-1-2-10(8-12)9-17/h1-9,14H. The van der Waals surface area contributed by atoms with Gasteiger partial charge in [-0.05, 0) is 29.3 Å². The van der Waals surface area contributed by atoms with Gasteiger partial charge in [-0.1, -0.05) is 30.3 Å². The molecule has 0 saturated heterocycles. The molecule has 92 valence electrons. The molecule has 0 aliphatic carbocycles. The Hall–Kier alpha value is -2.23. The molecule has 0 aliphatic heterocycles. The molecule has 4 heteroatoms. The summed E-state index contributed by atoms with van der Waals surface area (Å²) in [5.74, 6) is 0.111. The van der Waals surface area contributed by atoms with Crippen molar-refractivity contribution in [1.82, 2.24) is 0 Å². The van der Waals surface area contributed by atoms with Crippen LogP contribution in [0.2, 0.25) is 0 Å². The van der Waals surface area contributed by atoms with Crippen LogP contribution in [0.15, 0.2) is 48.5 Å². The van der Waals surface area contributed by atoms with E-state index in [4.69, 9.17) is 0 Å². The molecule has 0 bridgehead atoms. The average molecular weight is 248 g/mol. The van der Waals surface area contributed by atoms with Crippen molar-refractivity contribution >= 4 is 6.29 Å². The highest BCUT2D eigenvalue weighted by atomic mass is 19.3. The molecule has 0 spiro atoms. The van der Waals surface area contributed by atoms with Gasteiger partial charge in [0.15, 0.2) is 0 Å². The number of rotatable bonds is 4. The third-order valence-electron chi connectivity index (χ3n) is 2.44. The Balaban J connectivity index is 2.25. The molecule has 0 heterocycles. The monoisotopic (exact) mass is 248 g/mol. The zero-order valence-corrected chi connectivity index (χ0v) is 9.35. The summed E-state index contributed by atoms with van der Waals surface area (Å²) in [6.07, 6.45) is 0.762.